The number of hydrogen-bond donors (Lipinski definition) is 1. The number of nitrogens with one attached hydrogen (secondary N) is 1. The number of alkyl halides is 4. The zero-order valence-electron chi connectivity index (χ0n) is 12.0. The van der Waals surface area contributed by atoms with Crippen LogP contribution in [0.15, 0.2) is 34.8 Å². The Kier molecular flexibility index (Phi) is 5.20. The number of Topliss-reactive ketones (excluding diaryl/α,β-unsaturated/α-hetero) is 1. The second kappa shape index (κ2) is 6.65. The number of hydrogen-bond acceptors (Lipinski definition) is 2. The largest absolute Gasteiger partial charge is 0.435 e. The number of halogens is 5. The molecule has 3 nitrogen and oxygen atoms in total. The molecular formula is C15H13BrClF3N2O. The topological polar surface area (TPSA) is 45.8 Å². The average molecular weight is 410 g/mol. The van der Waals surface area contributed by atoms with Crippen molar-refractivity contribution >= 4 is 33.3 Å². The van der Waals surface area contributed by atoms with E-state index in [4.69, 9.17) is 11.6 Å². The molecule has 0 aliphatic carbocycles. The van der Waals surface area contributed by atoms with Crippen molar-refractivity contribution in [1.82, 2.24) is 10.2 Å². The molecular weight excluding hydrogens is 397 g/mol. The van der Waals surface area contributed by atoms with E-state index in [0.29, 0.717) is 5.56 Å². The number of H-pyrrole nitrogens is 1. The van der Waals surface area contributed by atoms with Crippen molar-refractivity contribution in [3.8, 4) is 0 Å². The van der Waals surface area contributed by atoms with E-state index in [1.807, 2.05) is 0 Å². The lowest BCUT2D eigenvalue weighted by atomic mass is 9.75. The van der Waals surface area contributed by atoms with Gasteiger partial charge < -0.3 is 0 Å². The maximum Gasteiger partial charge on any atom is 0.435 e. The third-order valence-electron chi connectivity index (χ3n) is 3.62. The molecule has 1 unspecified atom stereocenters. The van der Waals surface area contributed by atoms with E-state index in [1.165, 1.54) is 0 Å². The minimum atomic E-state index is -4.55. The fourth-order valence-electron chi connectivity index (χ4n) is 2.38. The summed E-state index contributed by atoms with van der Waals surface area (Å²) in [6, 6.07) is 7.99. The molecule has 0 spiro atoms. The molecule has 8 heteroatoms. The average Bonchev–Trinajstić information content (AvgIpc) is 2.97. The van der Waals surface area contributed by atoms with Gasteiger partial charge in [-0.05, 0) is 30.7 Å². The minimum Gasteiger partial charge on any atom is -0.298 e. The second-order valence-electron chi connectivity index (χ2n) is 5.36. The Morgan fingerprint density at radius 1 is 1.35 bits per heavy atom. The predicted octanol–water partition coefficient (Wildman–Crippen LogP) is 4.70. The van der Waals surface area contributed by atoms with E-state index in [1.54, 1.807) is 31.2 Å². The zero-order valence-corrected chi connectivity index (χ0v) is 14.4. The van der Waals surface area contributed by atoms with E-state index in [0.717, 1.165) is 10.5 Å². The first-order valence-corrected chi connectivity index (χ1v) is 7.96. The van der Waals surface area contributed by atoms with Gasteiger partial charge in [-0.15, -0.1) is 11.6 Å². The van der Waals surface area contributed by atoms with Crippen LogP contribution in [-0.4, -0.2) is 21.9 Å². The molecule has 1 aromatic carbocycles. The first kappa shape index (κ1) is 18.0. The molecule has 2 aromatic rings. The van der Waals surface area contributed by atoms with Gasteiger partial charge in [0.1, 0.15) is 5.78 Å². The van der Waals surface area contributed by atoms with Gasteiger partial charge in [-0.3, -0.25) is 9.89 Å². The Hall–Kier alpha value is -1.34. The summed E-state index contributed by atoms with van der Waals surface area (Å²) < 4.78 is 39.2. The summed E-state index contributed by atoms with van der Waals surface area (Å²) in [4.78, 5) is 11.9. The molecule has 0 aliphatic heterocycles. The second-order valence-corrected chi connectivity index (χ2v) is 6.54. The molecule has 0 aliphatic rings. The molecule has 0 fully saturated rings. The van der Waals surface area contributed by atoms with Gasteiger partial charge in [0.2, 0.25) is 0 Å². The highest BCUT2D eigenvalue weighted by molar-refractivity contribution is 9.10. The molecule has 2 rings (SSSR count). The summed E-state index contributed by atoms with van der Waals surface area (Å²) in [6.45, 7) is 1.69. The molecule has 1 heterocycles. The summed E-state index contributed by atoms with van der Waals surface area (Å²) in [6.07, 6.45) is -4.59. The first-order valence-electron chi connectivity index (χ1n) is 6.63. The van der Waals surface area contributed by atoms with E-state index in [2.05, 4.69) is 26.1 Å². The van der Waals surface area contributed by atoms with Crippen LogP contribution in [-0.2, 0) is 16.4 Å². The van der Waals surface area contributed by atoms with Crippen LogP contribution in [0.1, 0.15) is 30.3 Å². The Labute approximate surface area is 144 Å². The summed E-state index contributed by atoms with van der Waals surface area (Å²) in [5.74, 6) is -0.471. The molecule has 1 N–H and O–H groups in total. The number of rotatable bonds is 5. The van der Waals surface area contributed by atoms with Crippen LogP contribution >= 0.6 is 27.5 Å². The summed E-state index contributed by atoms with van der Waals surface area (Å²) in [5, 5.41) is 5.75. The van der Waals surface area contributed by atoms with E-state index in [9.17, 15) is 18.0 Å². The maximum absolute atomic E-state index is 12.8. The van der Waals surface area contributed by atoms with Gasteiger partial charge in [-0.25, -0.2) is 0 Å². The van der Waals surface area contributed by atoms with Crippen molar-refractivity contribution in [2.75, 3.05) is 5.88 Å². The van der Waals surface area contributed by atoms with Crippen LogP contribution in [0.4, 0.5) is 13.2 Å². The molecule has 1 atom stereocenters. The highest BCUT2D eigenvalue weighted by Gasteiger charge is 2.38. The molecule has 124 valence electrons. The molecule has 23 heavy (non-hydrogen) atoms. The normalized spacial score (nSPS) is 14.5. The Morgan fingerprint density at radius 3 is 2.57 bits per heavy atom. The lowest BCUT2D eigenvalue weighted by Crippen LogP contribution is -2.28. The number of carbonyl (C=O) groups excluding carboxylic acids is 1. The van der Waals surface area contributed by atoms with Crippen molar-refractivity contribution in [3.63, 3.8) is 0 Å². The van der Waals surface area contributed by atoms with Gasteiger partial charge in [0, 0.05) is 22.0 Å². The maximum atomic E-state index is 12.8. The van der Waals surface area contributed by atoms with Crippen molar-refractivity contribution in [2.24, 2.45) is 0 Å². The summed E-state index contributed by atoms with van der Waals surface area (Å²) in [5.41, 5.74) is -1.12. The minimum absolute atomic E-state index is 0.0353. The number of carbonyl (C=O) groups is 1. The van der Waals surface area contributed by atoms with Crippen LogP contribution in [0.3, 0.4) is 0 Å². The molecule has 0 saturated heterocycles. The van der Waals surface area contributed by atoms with Crippen molar-refractivity contribution < 1.29 is 18.0 Å². The van der Waals surface area contributed by atoms with E-state index < -0.39 is 17.3 Å². The highest BCUT2D eigenvalue weighted by Crippen LogP contribution is 2.38. The summed E-state index contributed by atoms with van der Waals surface area (Å²) in [7, 11) is 0. The number of ketones is 1. The number of aromatic amines is 1. The monoisotopic (exact) mass is 408 g/mol. The van der Waals surface area contributed by atoms with Crippen LogP contribution in [0.2, 0.25) is 0 Å². The molecule has 0 saturated carbocycles. The fraction of sp³-hybridized carbons (Fsp3) is 0.333. The van der Waals surface area contributed by atoms with Gasteiger partial charge in [0.25, 0.3) is 0 Å². The Balaban J connectivity index is 2.53. The SMILES string of the molecule is CC(CC(=O)CCl)(c1cccc(Br)c1)c1cc(C(F)(F)F)n[nH]1. The van der Waals surface area contributed by atoms with Crippen molar-refractivity contribution in [3.05, 3.63) is 51.8 Å². The molecule has 0 bridgehead atoms. The standard InChI is InChI=1S/C15H13BrClF3N2O/c1-14(7-11(23)8-17,9-3-2-4-10(16)5-9)12-6-13(22-21-12)15(18,19)20/h2-6H,7-8H2,1H3,(H,21,22). The third-order valence-corrected chi connectivity index (χ3v) is 4.42. The van der Waals surface area contributed by atoms with E-state index in [-0.39, 0.29) is 23.8 Å². The Bertz CT molecular complexity index is 717. The summed E-state index contributed by atoms with van der Waals surface area (Å²) >= 11 is 8.91. The van der Waals surface area contributed by atoms with Gasteiger partial charge in [0.15, 0.2) is 5.69 Å². The highest BCUT2D eigenvalue weighted by atomic mass is 79.9. The van der Waals surface area contributed by atoms with Gasteiger partial charge in [0.05, 0.1) is 5.88 Å². The number of nitrogens with zero attached hydrogens (tertiary/aromatic N) is 1. The van der Waals surface area contributed by atoms with Crippen molar-refractivity contribution in [1.29, 1.82) is 0 Å². The molecule has 0 amide bonds. The first-order chi connectivity index (χ1) is 10.7. The van der Waals surface area contributed by atoms with Crippen molar-refractivity contribution in [2.45, 2.75) is 24.9 Å². The van der Waals surface area contributed by atoms with E-state index >= 15 is 0 Å². The van der Waals surface area contributed by atoms with Gasteiger partial charge >= 0.3 is 6.18 Å². The zero-order chi connectivity index (χ0) is 17.3. The lowest BCUT2D eigenvalue weighted by molar-refractivity contribution is -0.141. The van der Waals surface area contributed by atoms with Gasteiger partial charge in [-0.2, -0.15) is 18.3 Å². The van der Waals surface area contributed by atoms with Crippen LogP contribution in [0, 0.1) is 0 Å². The Morgan fingerprint density at radius 2 is 2.04 bits per heavy atom. The van der Waals surface area contributed by atoms with Gasteiger partial charge in [-0.1, -0.05) is 28.1 Å². The molecule has 1 aromatic heterocycles. The lowest BCUT2D eigenvalue weighted by Gasteiger charge is -2.28. The quantitative estimate of drug-likeness (QED) is 0.728. The fourth-order valence-corrected chi connectivity index (χ4v) is 2.87. The number of benzene rings is 1. The van der Waals surface area contributed by atoms with Crippen LogP contribution in [0.5, 0.6) is 0 Å². The molecule has 0 radical (unpaired) electrons. The number of aromatic nitrogens is 2. The van der Waals surface area contributed by atoms with Crippen LogP contribution in [0.25, 0.3) is 0 Å². The van der Waals surface area contributed by atoms with Crippen LogP contribution < -0.4 is 0 Å². The predicted molar refractivity (Wildman–Crippen MR) is 84.5 cm³/mol. The smallest absolute Gasteiger partial charge is 0.298 e. The third kappa shape index (κ3) is 3.95.